The number of halogens is 1. The van der Waals surface area contributed by atoms with Gasteiger partial charge in [-0.25, -0.2) is 18.4 Å². The molecule has 0 atom stereocenters. The standard InChI is InChI=1S/C21H22ClN5O4S2/c1-12-13(2)32-21-18(12)20(23-19(24-21)14-3-4-14)25-7-9-26(10-8-25)33(30,31)15-5-6-16(22)17(11-15)27(28)29/h5-6,11,14H,3-4,7-10H2,1-2H3. The number of aryl methyl sites for hydroxylation is 2. The van der Waals surface area contributed by atoms with Crippen LogP contribution in [0.4, 0.5) is 11.5 Å². The minimum atomic E-state index is -3.89. The maximum Gasteiger partial charge on any atom is 0.289 e. The molecule has 1 aromatic carbocycles. The van der Waals surface area contributed by atoms with E-state index in [-0.39, 0.29) is 23.0 Å². The zero-order valence-corrected chi connectivity index (χ0v) is 20.5. The molecule has 0 radical (unpaired) electrons. The van der Waals surface area contributed by atoms with Crippen molar-refractivity contribution in [1.29, 1.82) is 0 Å². The second kappa shape index (κ2) is 8.15. The van der Waals surface area contributed by atoms with Crippen molar-refractivity contribution in [3.8, 4) is 0 Å². The molecule has 0 amide bonds. The van der Waals surface area contributed by atoms with Crippen LogP contribution in [-0.2, 0) is 10.0 Å². The molecule has 1 saturated carbocycles. The van der Waals surface area contributed by atoms with Crippen LogP contribution in [0.1, 0.15) is 35.0 Å². The van der Waals surface area contributed by atoms with Gasteiger partial charge in [-0.2, -0.15) is 4.31 Å². The van der Waals surface area contributed by atoms with E-state index in [0.29, 0.717) is 19.0 Å². The van der Waals surface area contributed by atoms with Crippen molar-refractivity contribution in [2.24, 2.45) is 0 Å². The van der Waals surface area contributed by atoms with Gasteiger partial charge in [-0.3, -0.25) is 10.1 Å². The summed E-state index contributed by atoms with van der Waals surface area (Å²) >= 11 is 7.52. The number of hydrogen-bond acceptors (Lipinski definition) is 8. The Morgan fingerprint density at radius 1 is 1.15 bits per heavy atom. The number of piperazine rings is 1. The van der Waals surface area contributed by atoms with E-state index in [0.717, 1.165) is 46.3 Å². The largest absolute Gasteiger partial charge is 0.353 e. The van der Waals surface area contributed by atoms with Crippen molar-refractivity contribution in [1.82, 2.24) is 14.3 Å². The van der Waals surface area contributed by atoms with Crippen LogP contribution in [0.25, 0.3) is 10.2 Å². The van der Waals surface area contributed by atoms with Crippen molar-refractivity contribution in [2.45, 2.75) is 37.5 Å². The van der Waals surface area contributed by atoms with Crippen molar-refractivity contribution in [3.63, 3.8) is 0 Å². The highest BCUT2D eigenvalue weighted by Crippen LogP contribution is 2.42. The lowest BCUT2D eigenvalue weighted by molar-refractivity contribution is -0.384. The van der Waals surface area contributed by atoms with E-state index in [1.165, 1.54) is 21.3 Å². The van der Waals surface area contributed by atoms with Gasteiger partial charge in [-0.1, -0.05) is 11.6 Å². The summed E-state index contributed by atoms with van der Waals surface area (Å²) in [5, 5.41) is 12.1. The number of anilines is 1. The number of fused-ring (bicyclic) bond motifs is 1. The molecule has 1 aliphatic heterocycles. The fraction of sp³-hybridized carbons (Fsp3) is 0.429. The monoisotopic (exact) mass is 507 g/mol. The van der Waals surface area contributed by atoms with E-state index >= 15 is 0 Å². The number of benzene rings is 1. The lowest BCUT2D eigenvalue weighted by atomic mass is 10.2. The quantitative estimate of drug-likeness (QED) is 0.375. The number of hydrogen-bond donors (Lipinski definition) is 0. The summed E-state index contributed by atoms with van der Waals surface area (Å²) < 4.78 is 27.7. The average molecular weight is 508 g/mol. The fourth-order valence-electron chi connectivity index (χ4n) is 4.08. The zero-order chi connectivity index (χ0) is 23.5. The van der Waals surface area contributed by atoms with Gasteiger partial charge in [0, 0.05) is 43.0 Å². The maximum atomic E-state index is 13.2. The molecule has 2 aliphatic rings. The SMILES string of the molecule is Cc1sc2nc(C3CC3)nc(N3CCN(S(=O)(=O)c4ccc(Cl)c([N+](=O)[O-])c4)CC3)c2c1C. The van der Waals surface area contributed by atoms with Crippen LogP contribution < -0.4 is 4.90 Å². The summed E-state index contributed by atoms with van der Waals surface area (Å²) in [6.45, 7) is 5.61. The number of nitro benzene ring substituents is 1. The topological polar surface area (TPSA) is 110 Å². The van der Waals surface area contributed by atoms with E-state index in [1.807, 2.05) is 0 Å². The molecule has 1 saturated heterocycles. The van der Waals surface area contributed by atoms with Gasteiger partial charge in [-0.15, -0.1) is 11.3 Å². The molecule has 33 heavy (non-hydrogen) atoms. The lowest BCUT2D eigenvalue weighted by Gasteiger charge is -2.35. The second-order valence-electron chi connectivity index (χ2n) is 8.40. The van der Waals surface area contributed by atoms with Crippen LogP contribution >= 0.6 is 22.9 Å². The van der Waals surface area contributed by atoms with E-state index in [9.17, 15) is 18.5 Å². The molecule has 12 heteroatoms. The molecular formula is C21H22ClN5O4S2. The van der Waals surface area contributed by atoms with Crippen LogP contribution in [0.2, 0.25) is 5.02 Å². The third-order valence-electron chi connectivity index (χ3n) is 6.26. The Kier molecular flexibility index (Phi) is 5.55. The molecule has 2 aromatic heterocycles. The Hall–Kier alpha value is -2.34. The van der Waals surface area contributed by atoms with E-state index in [1.54, 1.807) is 11.3 Å². The first-order valence-corrected chi connectivity index (χ1v) is 13.3. The molecule has 0 unspecified atom stereocenters. The van der Waals surface area contributed by atoms with Gasteiger partial charge in [0.25, 0.3) is 5.69 Å². The van der Waals surface area contributed by atoms with Gasteiger partial charge in [0.1, 0.15) is 21.5 Å². The summed E-state index contributed by atoms with van der Waals surface area (Å²) in [4.78, 5) is 24.4. The highest BCUT2D eigenvalue weighted by atomic mass is 35.5. The Morgan fingerprint density at radius 2 is 1.85 bits per heavy atom. The Morgan fingerprint density at radius 3 is 2.48 bits per heavy atom. The van der Waals surface area contributed by atoms with E-state index in [4.69, 9.17) is 21.6 Å². The van der Waals surface area contributed by atoms with Crippen molar-refractivity contribution < 1.29 is 13.3 Å². The first kappa shape index (κ1) is 22.5. The van der Waals surface area contributed by atoms with Gasteiger partial charge in [0.15, 0.2) is 0 Å². The van der Waals surface area contributed by atoms with E-state index in [2.05, 4.69) is 18.7 Å². The molecule has 0 bridgehead atoms. The smallest absolute Gasteiger partial charge is 0.289 e. The molecule has 0 N–H and O–H groups in total. The summed E-state index contributed by atoms with van der Waals surface area (Å²) in [5.74, 6) is 2.17. The number of nitrogens with zero attached hydrogens (tertiary/aromatic N) is 5. The normalized spacial score (nSPS) is 17.6. The van der Waals surface area contributed by atoms with Crippen molar-refractivity contribution >= 4 is 54.7 Å². The van der Waals surface area contributed by atoms with Crippen molar-refractivity contribution in [2.75, 3.05) is 31.1 Å². The number of rotatable bonds is 5. The third-order valence-corrected chi connectivity index (χ3v) is 9.58. The Labute approximate surface area is 200 Å². The maximum absolute atomic E-state index is 13.2. The number of aromatic nitrogens is 2. The molecular weight excluding hydrogens is 486 g/mol. The molecule has 3 aromatic rings. The van der Waals surface area contributed by atoms with Crippen molar-refractivity contribution in [3.05, 3.63) is 49.6 Å². The van der Waals surface area contributed by atoms with Gasteiger partial charge >= 0.3 is 0 Å². The molecule has 0 spiro atoms. The predicted octanol–water partition coefficient (Wildman–Crippen LogP) is 4.26. The van der Waals surface area contributed by atoms with Gasteiger partial charge < -0.3 is 4.90 Å². The Bertz CT molecular complexity index is 1380. The molecule has 3 heterocycles. The molecule has 174 valence electrons. The number of sulfonamides is 1. The number of nitro groups is 1. The van der Waals surface area contributed by atoms with Gasteiger partial charge in [0.2, 0.25) is 10.0 Å². The van der Waals surface area contributed by atoms with Crippen LogP contribution in [0.3, 0.4) is 0 Å². The third kappa shape index (κ3) is 3.96. The van der Waals surface area contributed by atoms with Crippen LogP contribution in [0.15, 0.2) is 23.1 Å². The summed E-state index contributed by atoms with van der Waals surface area (Å²) in [6, 6.07) is 3.59. The second-order valence-corrected chi connectivity index (χ2v) is 12.0. The Balaban J connectivity index is 1.42. The number of thiophene rings is 1. The first-order valence-electron chi connectivity index (χ1n) is 10.6. The first-order chi connectivity index (χ1) is 15.7. The summed E-state index contributed by atoms with van der Waals surface area (Å²) in [7, 11) is -3.89. The lowest BCUT2D eigenvalue weighted by Crippen LogP contribution is -2.49. The summed E-state index contributed by atoms with van der Waals surface area (Å²) in [5.41, 5.74) is 0.742. The molecule has 9 nitrogen and oxygen atoms in total. The average Bonchev–Trinajstić information content (AvgIpc) is 3.59. The van der Waals surface area contributed by atoms with Gasteiger partial charge in [-0.05, 0) is 44.4 Å². The highest BCUT2D eigenvalue weighted by Gasteiger charge is 2.33. The van der Waals surface area contributed by atoms with Crippen LogP contribution in [-0.4, -0.2) is 53.8 Å². The predicted molar refractivity (Wildman–Crippen MR) is 128 cm³/mol. The fourth-order valence-corrected chi connectivity index (χ4v) is 6.74. The molecule has 2 fully saturated rings. The van der Waals surface area contributed by atoms with E-state index < -0.39 is 20.6 Å². The highest BCUT2D eigenvalue weighted by molar-refractivity contribution is 7.89. The molecule has 1 aliphatic carbocycles. The minimum absolute atomic E-state index is 0.0931. The van der Waals surface area contributed by atoms with Crippen LogP contribution in [0, 0.1) is 24.0 Å². The van der Waals surface area contributed by atoms with Crippen LogP contribution in [0.5, 0.6) is 0 Å². The zero-order valence-electron chi connectivity index (χ0n) is 18.1. The minimum Gasteiger partial charge on any atom is -0.353 e. The molecule has 5 rings (SSSR count). The summed E-state index contributed by atoms with van der Waals surface area (Å²) in [6.07, 6.45) is 2.21. The van der Waals surface area contributed by atoms with Gasteiger partial charge in [0.05, 0.1) is 15.2 Å².